The summed E-state index contributed by atoms with van der Waals surface area (Å²) in [5.41, 5.74) is -0.678. The average molecular weight is 784 g/mol. The van der Waals surface area contributed by atoms with Gasteiger partial charge in [0.15, 0.2) is 11.8 Å². The highest BCUT2D eigenvalue weighted by atomic mass is 16.8. The molecule has 15 nitrogen and oxygen atoms in total. The smallest absolute Gasteiger partial charge is 0.348 e. The van der Waals surface area contributed by atoms with Gasteiger partial charge in [-0.15, -0.1) is 0 Å². The number of aliphatic hydroxyl groups excluding tert-OH is 1. The number of hydrogen-bond donors (Lipinski definition) is 3. The van der Waals surface area contributed by atoms with Crippen molar-refractivity contribution in [1.82, 2.24) is 15.7 Å². The molecule has 7 atom stereocenters. The Hall–Kier alpha value is -3.89. The second-order valence-electron chi connectivity index (χ2n) is 16.3. The molecule has 0 aromatic heterocycles. The normalized spacial score (nSPS) is 29.8. The number of carbonyl (C=O) groups is 5. The highest BCUT2D eigenvalue weighted by molar-refractivity contribution is 5.94. The molecule has 2 amide bonds. The predicted octanol–water partition coefficient (Wildman–Crippen LogP) is 3.25. The molecule has 5 aliphatic rings. The summed E-state index contributed by atoms with van der Waals surface area (Å²) in [4.78, 5) is 72.4. The molecule has 4 heterocycles. The summed E-state index contributed by atoms with van der Waals surface area (Å²) in [7, 11) is 0. The number of nitrogens with one attached hydrogen (secondary N) is 2. The first kappa shape index (κ1) is 41.7. The quantitative estimate of drug-likeness (QED) is 0.0804. The SMILES string of the molecule is CCCCCC1(CCCCC)O[C@@H]2[C@H]3ON(Cc4cccc(C=CC(=O)O[C@H]5C(=O)OCC5(C)C)c4)[C@H]4C(=O)OC(CC34C(=O)NCCC(=O)NCCO)[C@@H]2O1. The molecule has 5 fully saturated rings. The Bertz CT molecular complexity index is 1640. The summed E-state index contributed by atoms with van der Waals surface area (Å²) in [6, 6.07) is 6.13. The highest BCUT2D eigenvalue weighted by Gasteiger charge is 2.76. The summed E-state index contributed by atoms with van der Waals surface area (Å²) >= 11 is 0. The standard InChI is InChI=1S/C41H57N3O12/c1-5-7-9-17-40(18-10-8-6-2)54-31-28-23-41(38(50)43-19-16-29(46)42-20-21-45)33(36(48)52-28)44(56-34(41)32(31)55-40)24-27-13-11-12-26(22-27)14-15-30(47)53-35-37(49)51-25-39(35,3)4/h11-15,22,28,31-35,45H,5-10,16-21,23-25H2,1-4H3,(H,42,46)(H,43,50)/t28?,31-,32-,33-,34+,35-,41?/m0/s1. The fourth-order valence-corrected chi connectivity index (χ4v) is 8.66. The molecule has 1 aromatic carbocycles. The monoisotopic (exact) mass is 783 g/mol. The van der Waals surface area contributed by atoms with Gasteiger partial charge in [-0.2, -0.15) is 5.06 Å². The molecule has 1 aromatic rings. The van der Waals surface area contributed by atoms with Crippen molar-refractivity contribution >= 4 is 35.8 Å². The van der Waals surface area contributed by atoms with Gasteiger partial charge in [0.2, 0.25) is 17.9 Å². The van der Waals surface area contributed by atoms with Crippen LogP contribution in [0.4, 0.5) is 0 Å². The second kappa shape index (κ2) is 17.7. The fraction of sp³-hybridized carbons (Fsp3) is 0.683. The molecule has 0 spiro atoms. The molecule has 308 valence electrons. The minimum absolute atomic E-state index is 0.0106. The van der Waals surface area contributed by atoms with E-state index < -0.39 is 77.0 Å². The lowest BCUT2D eigenvalue weighted by Crippen LogP contribution is -2.69. The Labute approximate surface area is 328 Å². The van der Waals surface area contributed by atoms with E-state index in [4.69, 9.17) is 33.6 Å². The number of rotatable bonds is 19. The van der Waals surface area contributed by atoms with Gasteiger partial charge in [0.25, 0.3) is 0 Å². The van der Waals surface area contributed by atoms with Crippen LogP contribution in [0.25, 0.3) is 6.08 Å². The lowest BCUT2D eigenvalue weighted by molar-refractivity contribution is -0.224. The molecule has 6 rings (SSSR count). The average Bonchev–Trinajstić information content (AvgIpc) is 3.80. The van der Waals surface area contributed by atoms with Crippen molar-refractivity contribution in [2.75, 3.05) is 26.3 Å². The van der Waals surface area contributed by atoms with E-state index in [9.17, 15) is 24.0 Å². The molecule has 1 saturated carbocycles. The molecule has 3 N–H and O–H groups in total. The lowest BCUT2D eigenvalue weighted by Gasteiger charge is -2.48. The third-order valence-electron chi connectivity index (χ3n) is 11.5. The van der Waals surface area contributed by atoms with Crippen LogP contribution >= 0.6 is 0 Å². The first-order valence-electron chi connectivity index (χ1n) is 20.2. The number of unbranched alkanes of at least 4 members (excludes halogenated alkanes) is 4. The molecule has 4 saturated heterocycles. The Morgan fingerprint density at radius 3 is 2.39 bits per heavy atom. The van der Waals surface area contributed by atoms with E-state index in [1.165, 1.54) is 11.1 Å². The molecule has 2 unspecified atom stereocenters. The van der Waals surface area contributed by atoms with Crippen LogP contribution in [0.1, 0.15) is 103 Å². The Morgan fingerprint density at radius 1 is 0.982 bits per heavy atom. The molecule has 2 bridgehead atoms. The van der Waals surface area contributed by atoms with Crippen molar-refractivity contribution in [3.8, 4) is 0 Å². The van der Waals surface area contributed by atoms with Crippen molar-refractivity contribution in [2.45, 2.75) is 141 Å². The summed E-state index contributed by atoms with van der Waals surface area (Å²) in [5, 5.41) is 16.1. The number of aliphatic hydroxyl groups is 1. The number of esters is 3. The number of ether oxygens (including phenoxy) is 5. The van der Waals surface area contributed by atoms with Gasteiger partial charge < -0.3 is 39.4 Å². The zero-order chi connectivity index (χ0) is 40.1. The maximum Gasteiger partial charge on any atom is 0.348 e. The zero-order valence-electron chi connectivity index (χ0n) is 32.9. The molecule has 1 aliphatic carbocycles. The van der Waals surface area contributed by atoms with E-state index in [0.717, 1.165) is 44.1 Å². The maximum absolute atomic E-state index is 14.5. The Balaban J connectivity index is 1.25. The summed E-state index contributed by atoms with van der Waals surface area (Å²) in [6.45, 7) is 8.02. The number of fused-ring (bicyclic) bond motifs is 4. The largest absolute Gasteiger partial charge is 0.462 e. The van der Waals surface area contributed by atoms with Gasteiger partial charge in [0.1, 0.15) is 36.4 Å². The van der Waals surface area contributed by atoms with Crippen LogP contribution in [0, 0.1) is 10.8 Å². The van der Waals surface area contributed by atoms with E-state index in [0.29, 0.717) is 18.4 Å². The third-order valence-corrected chi connectivity index (χ3v) is 11.5. The van der Waals surface area contributed by atoms with Crippen LogP contribution in [-0.4, -0.2) is 109 Å². The Kier molecular flexibility index (Phi) is 13.2. The van der Waals surface area contributed by atoms with Crippen molar-refractivity contribution in [2.24, 2.45) is 10.8 Å². The molecule has 56 heavy (non-hydrogen) atoms. The van der Waals surface area contributed by atoms with Gasteiger partial charge >= 0.3 is 17.9 Å². The summed E-state index contributed by atoms with van der Waals surface area (Å²) < 4.78 is 30.3. The molecule has 0 radical (unpaired) electrons. The topological polar surface area (TPSA) is 188 Å². The van der Waals surface area contributed by atoms with E-state index in [1.807, 2.05) is 12.1 Å². The second-order valence-corrected chi connectivity index (χ2v) is 16.3. The van der Waals surface area contributed by atoms with Gasteiger partial charge in [-0.1, -0.05) is 77.6 Å². The lowest BCUT2D eigenvalue weighted by atomic mass is 9.62. The van der Waals surface area contributed by atoms with Gasteiger partial charge in [-0.05, 0) is 30.0 Å². The number of carbonyl (C=O) groups excluding carboxylic acids is 5. The molecular weight excluding hydrogens is 726 g/mol. The summed E-state index contributed by atoms with van der Waals surface area (Å²) in [6.07, 6.45) is 6.13. The zero-order valence-corrected chi connectivity index (χ0v) is 32.9. The van der Waals surface area contributed by atoms with Crippen LogP contribution in [0.5, 0.6) is 0 Å². The third kappa shape index (κ3) is 8.66. The highest BCUT2D eigenvalue weighted by Crippen LogP contribution is 2.58. The van der Waals surface area contributed by atoms with E-state index in [2.05, 4.69) is 24.5 Å². The van der Waals surface area contributed by atoms with Crippen molar-refractivity contribution in [3.63, 3.8) is 0 Å². The van der Waals surface area contributed by atoms with E-state index in [1.54, 1.807) is 32.1 Å². The van der Waals surface area contributed by atoms with Gasteiger partial charge in [-0.25, -0.2) is 9.59 Å². The van der Waals surface area contributed by atoms with Crippen molar-refractivity contribution in [3.05, 3.63) is 41.5 Å². The van der Waals surface area contributed by atoms with E-state index in [-0.39, 0.29) is 51.6 Å². The first-order valence-corrected chi connectivity index (χ1v) is 20.2. The number of nitrogens with zero attached hydrogens (tertiary/aromatic N) is 1. The predicted molar refractivity (Wildman–Crippen MR) is 200 cm³/mol. The van der Waals surface area contributed by atoms with Gasteiger partial charge in [0.05, 0.1) is 13.2 Å². The van der Waals surface area contributed by atoms with Crippen LogP contribution in [0.2, 0.25) is 0 Å². The van der Waals surface area contributed by atoms with Gasteiger partial charge in [0, 0.05) is 50.3 Å². The summed E-state index contributed by atoms with van der Waals surface area (Å²) in [5.74, 6) is -3.55. The number of cyclic esters (lactones) is 1. The van der Waals surface area contributed by atoms with Crippen molar-refractivity contribution in [1.29, 1.82) is 0 Å². The minimum Gasteiger partial charge on any atom is -0.462 e. The maximum atomic E-state index is 14.5. The number of amides is 2. The molecule has 15 heteroatoms. The minimum atomic E-state index is -1.41. The van der Waals surface area contributed by atoms with Gasteiger partial charge in [-0.3, -0.25) is 19.2 Å². The van der Waals surface area contributed by atoms with Crippen LogP contribution in [0.15, 0.2) is 30.3 Å². The van der Waals surface area contributed by atoms with Crippen LogP contribution < -0.4 is 10.6 Å². The van der Waals surface area contributed by atoms with Crippen molar-refractivity contribution < 1.29 is 57.6 Å². The number of hydroxylamine groups is 2. The van der Waals surface area contributed by atoms with Crippen LogP contribution in [0.3, 0.4) is 0 Å². The first-order chi connectivity index (χ1) is 26.9. The fourth-order valence-electron chi connectivity index (χ4n) is 8.66. The molecule has 4 aliphatic heterocycles. The molecular formula is C41H57N3O12. The number of benzene rings is 1. The number of hydrogen-bond acceptors (Lipinski definition) is 13. The Morgan fingerprint density at radius 2 is 1.71 bits per heavy atom. The van der Waals surface area contributed by atoms with Crippen LogP contribution in [-0.2, 0) is 59.0 Å². The van der Waals surface area contributed by atoms with E-state index >= 15 is 0 Å².